The Hall–Kier alpha value is -2.84. The van der Waals surface area contributed by atoms with E-state index in [1.54, 1.807) is 6.07 Å². The van der Waals surface area contributed by atoms with Crippen LogP contribution in [0.3, 0.4) is 0 Å². The first-order valence-electron chi connectivity index (χ1n) is 9.14. The number of aliphatic hydroxyl groups excluding tert-OH is 1. The molecule has 0 aromatic heterocycles. The number of hydrogen-bond acceptors (Lipinski definition) is 4. The lowest BCUT2D eigenvalue weighted by atomic mass is 10.1. The van der Waals surface area contributed by atoms with Crippen LogP contribution in [0, 0.1) is 17.5 Å². The van der Waals surface area contributed by atoms with Gasteiger partial charge in [-0.1, -0.05) is 6.07 Å². The zero-order valence-corrected chi connectivity index (χ0v) is 15.6. The molecular formula is C21H21F3N2O3. The van der Waals surface area contributed by atoms with E-state index in [1.165, 1.54) is 18.2 Å². The molecule has 2 aromatic rings. The van der Waals surface area contributed by atoms with Gasteiger partial charge in [-0.25, -0.2) is 13.2 Å². The van der Waals surface area contributed by atoms with Gasteiger partial charge in [0.25, 0.3) is 0 Å². The Kier molecular flexibility index (Phi) is 6.90. The van der Waals surface area contributed by atoms with E-state index in [2.05, 4.69) is 5.32 Å². The molecule has 1 heterocycles. The molecule has 0 saturated carbocycles. The Balaban J connectivity index is 1.72. The number of nitrogens with zero attached hydrogens (tertiary/aromatic N) is 1. The van der Waals surface area contributed by atoms with Gasteiger partial charge in [0.2, 0.25) is 5.91 Å². The summed E-state index contributed by atoms with van der Waals surface area (Å²) in [5, 5.41) is 12.3. The van der Waals surface area contributed by atoms with Crippen LogP contribution in [0.4, 0.5) is 18.9 Å². The number of anilines is 1. The number of ether oxygens (including phenoxy) is 1. The molecule has 1 atom stereocenters. The van der Waals surface area contributed by atoms with Gasteiger partial charge in [-0.15, -0.1) is 0 Å². The van der Waals surface area contributed by atoms with Gasteiger partial charge in [0, 0.05) is 25.2 Å². The van der Waals surface area contributed by atoms with E-state index in [0.717, 1.165) is 24.3 Å². The van der Waals surface area contributed by atoms with Crippen molar-refractivity contribution in [1.29, 1.82) is 0 Å². The van der Waals surface area contributed by atoms with Crippen molar-refractivity contribution in [3.05, 3.63) is 71.1 Å². The number of nitrogens with one attached hydrogen (secondary N) is 1. The fourth-order valence-electron chi connectivity index (χ4n) is 3.09. The van der Waals surface area contributed by atoms with Gasteiger partial charge >= 0.3 is 0 Å². The molecule has 8 heteroatoms. The predicted octanol–water partition coefficient (Wildman–Crippen LogP) is 2.80. The molecule has 1 fully saturated rings. The molecule has 0 unspecified atom stereocenters. The summed E-state index contributed by atoms with van der Waals surface area (Å²) in [7, 11) is 0. The number of carbonyl (C=O) groups is 1. The van der Waals surface area contributed by atoms with Gasteiger partial charge < -0.3 is 20.1 Å². The van der Waals surface area contributed by atoms with E-state index in [4.69, 9.17) is 4.74 Å². The van der Waals surface area contributed by atoms with Gasteiger partial charge in [0.05, 0.1) is 31.5 Å². The molecule has 0 aliphatic carbocycles. The average molecular weight is 406 g/mol. The molecular weight excluding hydrogens is 385 g/mol. The van der Waals surface area contributed by atoms with Gasteiger partial charge in [-0.05, 0) is 41.5 Å². The fourth-order valence-corrected chi connectivity index (χ4v) is 3.09. The monoisotopic (exact) mass is 406 g/mol. The molecule has 1 aliphatic heterocycles. The summed E-state index contributed by atoms with van der Waals surface area (Å²) in [4.78, 5) is 14.0. The maximum absolute atomic E-state index is 14.3. The van der Waals surface area contributed by atoms with Gasteiger partial charge in [-0.2, -0.15) is 0 Å². The van der Waals surface area contributed by atoms with Crippen LogP contribution in [0.25, 0.3) is 6.08 Å². The Bertz CT molecular complexity index is 878. The van der Waals surface area contributed by atoms with Crippen molar-refractivity contribution in [2.45, 2.75) is 6.04 Å². The van der Waals surface area contributed by atoms with Gasteiger partial charge in [-0.3, -0.25) is 4.79 Å². The smallest absolute Gasteiger partial charge is 0.244 e. The van der Waals surface area contributed by atoms with Crippen molar-refractivity contribution < 1.29 is 27.8 Å². The van der Waals surface area contributed by atoms with Crippen LogP contribution < -0.4 is 10.2 Å². The molecule has 154 valence electrons. The Labute approximate surface area is 166 Å². The first-order chi connectivity index (χ1) is 14.0. The van der Waals surface area contributed by atoms with E-state index < -0.39 is 36.0 Å². The molecule has 5 nitrogen and oxygen atoms in total. The minimum Gasteiger partial charge on any atom is -0.394 e. The number of hydrogen-bond donors (Lipinski definition) is 2. The summed E-state index contributed by atoms with van der Waals surface area (Å²) in [5.74, 6) is -2.46. The zero-order valence-electron chi connectivity index (χ0n) is 15.6. The highest BCUT2D eigenvalue weighted by Crippen LogP contribution is 2.25. The molecule has 2 aromatic carbocycles. The van der Waals surface area contributed by atoms with Crippen molar-refractivity contribution in [3.8, 4) is 0 Å². The van der Waals surface area contributed by atoms with Gasteiger partial charge in [0.1, 0.15) is 17.5 Å². The molecule has 0 radical (unpaired) electrons. The number of halogens is 3. The summed E-state index contributed by atoms with van der Waals surface area (Å²) in [5.41, 5.74) is 1.10. The van der Waals surface area contributed by atoms with E-state index in [-0.39, 0.29) is 5.56 Å². The summed E-state index contributed by atoms with van der Waals surface area (Å²) < 4.78 is 46.0. The van der Waals surface area contributed by atoms with Crippen molar-refractivity contribution in [3.63, 3.8) is 0 Å². The summed E-state index contributed by atoms with van der Waals surface area (Å²) >= 11 is 0. The number of amides is 1. The molecule has 1 saturated heterocycles. The standard InChI is InChI=1S/C21H21F3N2O3/c22-16-9-14(10-17(23)12-16)1-4-21(28)25-19(13-27)15-2-3-18(24)20(11-15)26-5-7-29-8-6-26/h1-4,9-12,19,27H,5-8,13H2,(H,25,28)/t19-/m0/s1. The largest absolute Gasteiger partial charge is 0.394 e. The second-order valence-electron chi connectivity index (χ2n) is 6.59. The van der Waals surface area contributed by atoms with Crippen LogP contribution in [0.1, 0.15) is 17.2 Å². The molecule has 0 spiro atoms. The number of morpholine rings is 1. The Morgan fingerprint density at radius 1 is 1.14 bits per heavy atom. The summed E-state index contributed by atoms with van der Waals surface area (Å²) in [6, 6.07) is 6.52. The predicted molar refractivity (Wildman–Crippen MR) is 103 cm³/mol. The van der Waals surface area contributed by atoms with Crippen molar-refractivity contribution >= 4 is 17.7 Å². The number of benzene rings is 2. The SMILES string of the molecule is O=C(C=Cc1cc(F)cc(F)c1)N[C@@H](CO)c1ccc(F)c(N2CCOCC2)c1. The maximum atomic E-state index is 14.3. The van der Waals surface area contributed by atoms with E-state index in [0.29, 0.717) is 37.6 Å². The third kappa shape index (κ3) is 5.58. The topological polar surface area (TPSA) is 61.8 Å². The molecule has 0 bridgehead atoms. The highest BCUT2D eigenvalue weighted by molar-refractivity contribution is 5.92. The van der Waals surface area contributed by atoms with Crippen LogP contribution in [-0.2, 0) is 9.53 Å². The second-order valence-corrected chi connectivity index (χ2v) is 6.59. The van der Waals surface area contributed by atoms with E-state index in [1.807, 2.05) is 4.90 Å². The molecule has 3 rings (SSSR count). The van der Waals surface area contributed by atoms with Crippen LogP contribution >= 0.6 is 0 Å². The van der Waals surface area contributed by atoms with Crippen LogP contribution in [0.2, 0.25) is 0 Å². The van der Waals surface area contributed by atoms with E-state index >= 15 is 0 Å². The number of aliphatic hydroxyl groups is 1. The summed E-state index contributed by atoms with van der Waals surface area (Å²) in [6.45, 7) is 1.68. The molecule has 29 heavy (non-hydrogen) atoms. The first-order valence-corrected chi connectivity index (χ1v) is 9.14. The first kappa shape index (κ1) is 20.9. The van der Waals surface area contributed by atoms with E-state index in [9.17, 15) is 23.1 Å². The quantitative estimate of drug-likeness (QED) is 0.725. The highest BCUT2D eigenvalue weighted by Gasteiger charge is 2.19. The lowest BCUT2D eigenvalue weighted by Gasteiger charge is -2.30. The summed E-state index contributed by atoms with van der Waals surface area (Å²) in [6.07, 6.45) is 2.38. The van der Waals surface area contributed by atoms with Gasteiger partial charge in [0.15, 0.2) is 0 Å². The third-order valence-electron chi connectivity index (χ3n) is 4.54. The van der Waals surface area contributed by atoms with Crippen molar-refractivity contribution in [2.24, 2.45) is 0 Å². The Morgan fingerprint density at radius 2 is 1.83 bits per heavy atom. The van der Waals surface area contributed by atoms with Crippen LogP contribution in [0.15, 0.2) is 42.5 Å². The molecule has 2 N–H and O–H groups in total. The third-order valence-corrected chi connectivity index (χ3v) is 4.54. The van der Waals surface area contributed by atoms with Crippen LogP contribution in [0.5, 0.6) is 0 Å². The second kappa shape index (κ2) is 9.58. The Morgan fingerprint density at radius 3 is 2.48 bits per heavy atom. The highest BCUT2D eigenvalue weighted by atomic mass is 19.1. The van der Waals surface area contributed by atoms with Crippen molar-refractivity contribution in [2.75, 3.05) is 37.8 Å². The number of rotatable bonds is 6. The lowest BCUT2D eigenvalue weighted by Crippen LogP contribution is -2.37. The normalized spacial score (nSPS) is 15.5. The van der Waals surface area contributed by atoms with Crippen LogP contribution in [-0.4, -0.2) is 43.9 Å². The minimum atomic E-state index is -0.767. The fraction of sp³-hybridized carbons (Fsp3) is 0.286. The minimum absolute atomic E-state index is 0.189. The van der Waals surface area contributed by atoms with Crippen molar-refractivity contribution in [1.82, 2.24) is 5.32 Å². The lowest BCUT2D eigenvalue weighted by molar-refractivity contribution is -0.117. The molecule has 1 amide bonds. The zero-order chi connectivity index (χ0) is 20.8. The maximum Gasteiger partial charge on any atom is 0.244 e. The number of carbonyl (C=O) groups excluding carboxylic acids is 1. The molecule has 1 aliphatic rings. The average Bonchev–Trinajstić information content (AvgIpc) is 2.71.